The molecule has 7 heteroatoms. The summed E-state index contributed by atoms with van der Waals surface area (Å²) in [5.74, 6) is 1.47. The molecule has 0 bridgehead atoms. The van der Waals surface area contributed by atoms with Crippen LogP contribution in [-0.4, -0.2) is 66.7 Å². The van der Waals surface area contributed by atoms with Crippen LogP contribution in [0.2, 0.25) is 0 Å². The lowest BCUT2D eigenvalue weighted by Gasteiger charge is -2.30. The van der Waals surface area contributed by atoms with E-state index in [1.807, 2.05) is 42.5 Å². The molecule has 0 amide bonds. The summed E-state index contributed by atoms with van der Waals surface area (Å²) in [7, 11) is 1.70. The van der Waals surface area contributed by atoms with Crippen molar-refractivity contribution in [1.82, 2.24) is 9.88 Å². The second kappa shape index (κ2) is 12.5. The van der Waals surface area contributed by atoms with Gasteiger partial charge in [0.25, 0.3) is 0 Å². The molecular formula is C33H41N3O4. The minimum atomic E-state index is -0.238. The molecule has 1 aromatic heterocycles. The van der Waals surface area contributed by atoms with E-state index in [0.717, 1.165) is 65.9 Å². The van der Waals surface area contributed by atoms with Crippen LogP contribution in [0.3, 0.4) is 0 Å². The number of nitrogens with zero attached hydrogens (tertiary/aromatic N) is 2. The van der Waals surface area contributed by atoms with E-state index in [1.54, 1.807) is 13.3 Å². The van der Waals surface area contributed by atoms with Crippen LogP contribution in [0.1, 0.15) is 39.2 Å². The third-order valence-corrected chi connectivity index (χ3v) is 7.63. The largest absolute Gasteiger partial charge is 0.457 e. The minimum Gasteiger partial charge on any atom is -0.457 e. The van der Waals surface area contributed by atoms with Crippen LogP contribution in [-0.2, 0) is 14.9 Å². The third-order valence-electron chi connectivity index (χ3n) is 7.63. The average molecular weight is 544 g/mol. The maximum absolute atomic E-state index is 9.72. The van der Waals surface area contributed by atoms with Gasteiger partial charge in [0.2, 0.25) is 0 Å². The van der Waals surface area contributed by atoms with Gasteiger partial charge in [-0.3, -0.25) is 4.98 Å². The maximum atomic E-state index is 9.72. The number of methoxy groups -OCH3 is 1. The standard InChI is InChI=1S/C33H41N3O4/c1-33(2,3)23-5-7-24(8-6-23)35-25-9-11-27(12-10-25)40-30-13-16-34-29-22-32(31(38-4)21-28(29)30)39-20-19-36-17-14-26(37)15-18-36/h5-13,16,21-22,26,31-32,35,37H,14-15,17-20H2,1-4H3. The van der Waals surface area contributed by atoms with Crippen LogP contribution in [0, 0.1) is 0 Å². The number of rotatable bonds is 9. The average Bonchev–Trinajstić information content (AvgIpc) is 2.95. The Hall–Kier alpha value is -3.23. The summed E-state index contributed by atoms with van der Waals surface area (Å²) in [5.41, 5.74) is 3.48. The van der Waals surface area contributed by atoms with Crippen molar-refractivity contribution in [1.29, 1.82) is 0 Å². The van der Waals surface area contributed by atoms with Gasteiger partial charge in [-0.15, -0.1) is 0 Å². The lowest BCUT2D eigenvalue weighted by Crippen LogP contribution is -2.43. The number of benzene rings is 2. The minimum absolute atomic E-state index is 0.134. The van der Waals surface area contributed by atoms with Crippen LogP contribution in [0.15, 0.2) is 60.8 Å². The molecule has 0 spiro atoms. The number of anilines is 2. The number of aromatic nitrogens is 1. The lowest BCUT2D eigenvalue weighted by atomic mass is 9.87. The topological polar surface area (TPSA) is 76.1 Å². The quantitative estimate of drug-likeness (QED) is 0.416. The predicted molar refractivity (Wildman–Crippen MR) is 160 cm³/mol. The second-order valence-electron chi connectivity index (χ2n) is 11.6. The van der Waals surface area contributed by atoms with E-state index in [2.05, 4.69) is 60.2 Å². The first-order chi connectivity index (χ1) is 19.3. The number of hydrogen-bond donors (Lipinski definition) is 2. The number of likely N-dealkylation sites (tertiary alicyclic amines) is 1. The van der Waals surface area contributed by atoms with Gasteiger partial charge in [0.05, 0.1) is 18.1 Å². The molecule has 1 saturated heterocycles. The summed E-state index contributed by atoms with van der Waals surface area (Å²) in [5, 5.41) is 14.9. The highest BCUT2D eigenvalue weighted by molar-refractivity contribution is 5.61. The number of nitrogens with one attached hydrogen (secondary N) is 1. The van der Waals surface area contributed by atoms with E-state index in [0.29, 0.717) is 6.61 Å². The molecule has 1 aliphatic carbocycles. The van der Waals surface area contributed by atoms with Gasteiger partial charge in [0.1, 0.15) is 23.7 Å². The Morgan fingerprint density at radius 2 is 1.60 bits per heavy atom. The third kappa shape index (κ3) is 7.09. The summed E-state index contributed by atoms with van der Waals surface area (Å²) < 4.78 is 18.3. The van der Waals surface area contributed by atoms with Gasteiger partial charge >= 0.3 is 0 Å². The first-order valence-corrected chi connectivity index (χ1v) is 14.2. The molecular weight excluding hydrogens is 502 g/mol. The molecule has 2 N–H and O–H groups in total. The van der Waals surface area contributed by atoms with E-state index in [9.17, 15) is 5.11 Å². The van der Waals surface area contributed by atoms with Crippen molar-refractivity contribution in [2.75, 3.05) is 38.7 Å². The van der Waals surface area contributed by atoms with Gasteiger partial charge < -0.3 is 29.5 Å². The Bertz CT molecular complexity index is 1380. The van der Waals surface area contributed by atoms with E-state index in [-0.39, 0.29) is 23.7 Å². The molecule has 2 unspecified atom stereocenters. The van der Waals surface area contributed by atoms with E-state index >= 15 is 0 Å². The van der Waals surface area contributed by atoms with Crippen molar-refractivity contribution >= 4 is 23.5 Å². The molecule has 2 aliphatic rings. The number of aliphatic hydroxyl groups excluding tert-OH is 1. The Balaban J connectivity index is 1.23. The van der Waals surface area contributed by atoms with Crippen LogP contribution in [0.4, 0.5) is 11.4 Å². The normalized spacial score (nSPS) is 19.8. The van der Waals surface area contributed by atoms with Crippen LogP contribution in [0.25, 0.3) is 12.2 Å². The van der Waals surface area contributed by atoms with Crippen molar-refractivity contribution in [3.8, 4) is 11.5 Å². The van der Waals surface area contributed by atoms with E-state index < -0.39 is 0 Å². The van der Waals surface area contributed by atoms with Gasteiger partial charge in [-0.25, -0.2) is 0 Å². The zero-order valence-electron chi connectivity index (χ0n) is 24.0. The Kier molecular flexibility index (Phi) is 8.86. The van der Waals surface area contributed by atoms with Crippen molar-refractivity contribution < 1.29 is 19.3 Å². The summed E-state index contributed by atoms with van der Waals surface area (Å²) in [6.45, 7) is 9.90. The van der Waals surface area contributed by atoms with E-state index in [4.69, 9.17) is 14.2 Å². The van der Waals surface area contributed by atoms with Crippen molar-refractivity contribution in [3.05, 3.63) is 76.9 Å². The summed E-state index contributed by atoms with van der Waals surface area (Å²) in [6, 6.07) is 18.4. The molecule has 0 saturated carbocycles. The molecule has 3 aromatic rings. The highest BCUT2D eigenvalue weighted by atomic mass is 16.5. The number of ether oxygens (including phenoxy) is 3. The fraction of sp³-hybridized carbons (Fsp3) is 0.424. The maximum Gasteiger partial charge on any atom is 0.138 e. The molecule has 2 aromatic carbocycles. The Labute approximate surface area is 237 Å². The Morgan fingerprint density at radius 3 is 2.25 bits per heavy atom. The van der Waals surface area contributed by atoms with E-state index in [1.165, 1.54) is 5.56 Å². The Morgan fingerprint density at radius 1 is 0.925 bits per heavy atom. The number of piperidine rings is 1. The summed E-state index contributed by atoms with van der Waals surface area (Å²) >= 11 is 0. The van der Waals surface area contributed by atoms with Gasteiger partial charge in [-0.2, -0.15) is 0 Å². The molecule has 2 atom stereocenters. The predicted octanol–water partition coefficient (Wildman–Crippen LogP) is 4.35. The van der Waals surface area contributed by atoms with Crippen LogP contribution in [0.5, 0.6) is 11.5 Å². The molecule has 5 rings (SSSR count). The fourth-order valence-electron chi connectivity index (χ4n) is 5.13. The number of hydrogen-bond acceptors (Lipinski definition) is 7. The number of pyridine rings is 1. The molecule has 40 heavy (non-hydrogen) atoms. The van der Waals surface area contributed by atoms with Crippen LogP contribution >= 0.6 is 0 Å². The molecule has 1 fully saturated rings. The van der Waals surface area contributed by atoms with Crippen molar-refractivity contribution in [2.45, 2.75) is 57.3 Å². The first kappa shape index (κ1) is 28.3. The molecule has 1 aliphatic heterocycles. The molecule has 212 valence electrons. The van der Waals surface area contributed by atoms with Crippen LogP contribution < -0.4 is 20.6 Å². The van der Waals surface area contributed by atoms with Gasteiger partial charge in [-0.05, 0) is 78.4 Å². The second-order valence-corrected chi connectivity index (χ2v) is 11.6. The number of aliphatic hydroxyl groups is 1. The van der Waals surface area contributed by atoms with Gasteiger partial charge in [0.15, 0.2) is 0 Å². The van der Waals surface area contributed by atoms with Gasteiger partial charge in [0, 0.05) is 49.5 Å². The summed E-state index contributed by atoms with van der Waals surface area (Å²) in [4.78, 5) is 6.91. The summed E-state index contributed by atoms with van der Waals surface area (Å²) in [6.07, 6.45) is 6.85. The monoisotopic (exact) mass is 543 g/mol. The zero-order valence-corrected chi connectivity index (χ0v) is 24.0. The van der Waals surface area contributed by atoms with Crippen molar-refractivity contribution in [3.63, 3.8) is 0 Å². The van der Waals surface area contributed by atoms with Gasteiger partial charge in [-0.1, -0.05) is 32.9 Å². The SMILES string of the molecule is COC1C=c2c(Oc3ccc(Nc4ccc(C(C)(C)C)cc4)cc3)ccnc2=CC1OCCN1CCC(O)CC1. The molecule has 0 radical (unpaired) electrons. The highest BCUT2D eigenvalue weighted by Crippen LogP contribution is 2.26. The number of fused-ring (bicyclic) bond motifs is 1. The first-order valence-electron chi connectivity index (χ1n) is 14.2. The highest BCUT2D eigenvalue weighted by Gasteiger charge is 2.23. The van der Waals surface area contributed by atoms with Crippen molar-refractivity contribution in [2.24, 2.45) is 0 Å². The fourth-order valence-corrected chi connectivity index (χ4v) is 5.13. The molecule has 7 nitrogen and oxygen atoms in total. The smallest absolute Gasteiger partial charge is 0.138 e. The lowest BCUT2D eigenvalue weighted by molar-refractivity contribution is -0.00874. The zero-order chi connectivity index (χ0) is 28.1. The molecule has 2 heterocycles.